The number of hydrogen-bond acceptors (Lipinski definition) is 2. The minimum atomic E-state index is -1.68. The molecule has 0 aromatic heterocycles. The van der Waals surface area contributed by atoms with Gasteiger partial charge < -0.3 is 4.74 Å². The minimum Gasteiger partial charge on any atom is -0.440 e. The van der Waals surface area contributed by atoms with Gasteiger partial charge in [0.15, 0.2) is 0 Å². The van der Waals surface area contributed by atoms with Crippen LogP contribution in [-0.4, -0.2) is 12.8 Å². The summed E-state index contributed by atoms with van der Waals surface area (Å²) in [5, 5.41) is 0. The Morgan fingerprint density at radius 3 is 2.70 bits per heavy atom. The van der Waals surface area contributed by atoms with Gasteiger partial charge in [0.25, 0.3) is 0 Å². The van der Waals surface area contributed by atoms with E-state index < -0.39 is 6.22 Å². The molecule has 0 aliphatic rings. The summed E-state index contributed by atoms with van der Waals surface area (Å²) in [4.78, 5) is 9.66. The third kappa shape index (κ3) is 5.54. The van der Waals surface area contributed by atoms with Gasteiger partial charge in [0, 0.05) is 0 Å². The van der Waals surface area contributed by atoms with Crippen LogP contribution in [0.2, 0.25) is 0 Å². The summed E-state index contributed by atoms with van der Waals surface area (Å²) in [6.07, 6.45) is 0.320. The highest BCUT2D eigenvalue weighted by Crippen LogP contribution is 2.05. The second kappa shape index (κ2) is 5.21. The zero-order valence-corrected chi connectivity index (χ0v) is 6.39. The Labute approximate surface area is 60.4 Å². The van der Waals surface area contributed by atoms with Gasteiger partial charge in [-0.25, -0.2) is 4.79 Å². The second-order valence-corrected chi connectivity index (χ2v) is 2.44. The molecule has 0 aliphatic heterocycles. The molecule has 0 rings (SSSR count). The van der Waals surface area contributed by atoms with E-state index in [4.69, 9.17) is 0 Å². The van der Waals surface area contributed by atoms with Crippen molar-refractivity contribution in [2.24, 2.45) is 5.92 Å². The maximum atomic E-state index is 11.4. The Morgan fingerprint density at radius 1 is 1.70 bits per heavy atom. The monoisotopic (exact) mass is 148 g/mol. The molecule has 0 aromatic rings. The van der Waals surface area contributed by atoms with E-state index in [1.54, 1.807) is 0 Å². The average Bonchev–Trinajstić information content (AvgIpc) is 1.85. The molecule has 1 unspecified atom stereocenters. The highest BCUT2D eigenvalue weighted by molar-refractivity contribution is 5.57. The van der Waals surface area contributed by atoms with Gasteiger partial charge >= 0.3 is 6.22 Å². The van der Waals surface area contributed by atoms with E-state index in [1.165, 1.54) is 0 Å². The first-order valence-electron chi connectivity index (χ1n) is 3.49. The van der Waals surface area contributed by atoms with Crippen molar-refractivity contribution < 1.29 is 13.9 Å². The third-order valence-electron chi connectivity index (χ3n) is 1.26. The topological polar surface area (TPSA) is 26.3 Å². The summed E-state index contributed by atoms with van der Waals surface area (Å²) < 4.78 is 15.6. The van der Waals surface area contributed by atoms with E-state index in [-0.39, 0.29) is 12.5 Å². The first-order valence-corrected chi connectivity index (χ1v) is 3.49. The Morgan fingerprint density at radius 2 is 2.30 bits per heavy atom. The SMILES string of the molecule is CCCC(C)COC(=O)F. The second-order valence-electron chi connectivity index (χ2n) is 2.44. The lowest BCUT2D eigenvalue weighted by molar-refractivity contribution is 0.104. The van der Waals surface area contributed by atoms with Crippen molar-refractivity contribution in [2.75, 3.05) is 6.61 Å². The van der Waals surface area contributed by atoms with Gasteiger partial charge in [-0.3, -0.25) is 0 Å². The van der Waals surface area contributed by atoms with Crippen molar-refractivity contribution in [3.8, 4) is 0 Å². The lowest BCUT2D eigenvalue weighted by atomic mass is 10.1. The Hall–Kier alpha value is -0.600. The molecule has 2 nitrogen and oxygen atoms in total. The van der Waals surface area contributed by atoms with E-state index in [1.807, 2.05) is 13.8 Å². The zero-order chi connectivity index (χ0) is 7.98. The van der Waals surface area contributed by atoms with Crippen LogP contribution in [0.1, 0.15) is 26.7 Å². The number of halogens is 1. The fourth-order valence-electron chi connectivity index (χ4n) is 0.784. The molecule has 60 valence electrons. The van der Waals surface area contributed by atoms with Gasteiger partial charge in [0.1, 0.15) is 0 Å². The molecule has 3 heteroatoms. The van der Waals surface area contributed by atoms with Crippen molar-refractivity contribution in [1.82, 2.24) is 0 Å². The van der Waals surface area contributed by atoms with Crippen LogP contribution in [0, 0.1) is 5.92 Å². The summed E-state index contributed by atoms with van der Waals surface area (Å²) in [7, 11) is 0. The summed E-state index contributed by atoms with van der Waals surface area (Å²) in [5.41, 5.74) is 0. The highest BCUT2D eigenvalue weighted by atomic mass is 19.1. The smallest absolute Gasteiger partial charge is 0.440 e. The molecule has 1 atom stereocenters. The molecular weight excluding hydrogens is 135 g/mol. The summed E-state index contributed by atoms with van der Waals surface area (Å²) in [6, 6.07) is 0. The zero-order valence-electron chi connectivity index (χ0n) is 6.39. The Bertz CT molecular complexity index is 104. The quantitative estimate of drug-likeness (QED) is 0.572. The van der Waals surface area contributed by atoms with Crippen molar-refractivity contribution in [1.29, 1.82) is 0 Å². The first-order chi connectivity index (χ1) is 4.66. The van der Waals surface area contributed by atoms with Gasteiger partial charge in [-0.1, -0.05) is 20.3 Å². The maximum Gasteiger partial charge on any atom is 0.495 e. The van der Waals surface area contributed by atoms with Crippen LogP contribution in [0.5, 0.6) is 0 Å². The molecule has 0 aliphatic carbocycles. The van der Waals surface area contributed by atoms with E-state index in [9.17, 15) is 9.18 Å². The van der Waals surface area contributed by atoms with E-state index in [0.29, 0.717) is 0 Å². The largest absolute Gasteiger partial charge is 0.495 e. The predicted octanol–water partition coefficient (Wildman–Crippen LogP) is 2.53. The van der Waals surface area contributed by atoms with Crippen molar-refractivity contribution >= 4 is 6.22 Å². The predicted molar refractivity (Wildman–Crippen MR) is 36.5 cm³/mol. The van der Waals surface area contributed by atoms with E-state index in [0.717, 1.165) is 12.8 Å². The van der Waals surface area contributed by atoms with Crippen LogP contribution in [-0.2, 0) is 4.74 Å². The van der Waals surface area contributed by atoms with Crippen LogP contribution < -0.4 is 0 Å². The van der Waals surface area contributed by atoms with Crippen LogP contribution in [0.3, 0.4) is 0 Å². The Balaban J connectivity index is 3.21. The molecule has 0 amide bonds. The molecule has 0 bridgehead atoms. The molecule has 0 spiro atoms. The molecule has 0 saturated carbocycles. The first kappa shape index (κ1) is 9.40. The molecule has 0 heterocycles. The fraction of sp³-hybridized carbons (Fsp3) is 0.857. The van der Waals surface area contributed by atoms with Crippen LogP contribution in [0.4, 0.5) is 9.18 Å². The lowest BCUT2D eigenvalue weighted by Crippen LogP contribution is -2.06. The normalized spacial score (nSPS) is 12.7. The standard InChI is InChI=1S/C7H13FO2/c1-3-4-6(2)5-10-7(8)9/h6H,3-5H2,1-2H3. The minimum absolute atomic E-state index is 0.198. The number of ether oxygens (including phenoxy) is 1. The van der Waals surface area contributed by atoms with Crippen molar-refractivity contribution in [2.45, 2.75) is 26.7 Å². The third-order valence-corrected chi connectivity index (χ3v) is 1.26. The summed E-state index contributed by atoms with van der Waals surface area (Å²) >= 11 is 0. The van der Waals surface area contributed by atoms with Crippen LogP contribution >= 0.6 is 0 Å². The molecule has 0 aromatic carbocycles. The summed E-state index contributed by atoms with van der Waals surface area (Å²) in [6.45, 7) is 4.16. The molecule has 0 saturated heterocycles. The maximum absolute atomic E-state index is 11.4. The molecule has 0 fully saturated rings. The van der Waals surface area contributed by atoms with E-state index >= 15 is 0 Å². The molecule has 0 N–H and O–H groups in total. The van der Waals surface area contributed by atoms with Gasteiger partial charge in [-0.2, -0.15) is 0 Å². The average molecular weight is 148 g/mol. The van der Waals surface area contributed by atoms with Gasteiger partial charge in [-0.15, -0.1) is 4.39 Å². The lowest BCUT2D eigenvalue weighted by Gasteiger charge is -2.06. The van der Waals surface area contributed by atoms with Crippen molar-refractivity contribution in [3.63, 3.8) is 0 Å². The fourth-order valence-corrected chi connectivity index (χ4v) is 0.784. The summed E-state index contributed by atoms with van der Waals surface area (Å²) in [5.74, 6) is 0.268. The highest BCUT2D eigenvalue weighted by Gasteiger charge is 2.03. The number of hydrogen-bond donors (Lipinski definition) is 0. The van der Waals surface area contributed by atoms with Crippen LogP contribution in [0.15, 0.2) is 0 Å². The van der Waals surface area contributed by atoms with Gasteiger partial charge in [0.05, 0.1) is 6.61 Å². The van der Waals surface area contributed by atoms with Gasteiger partial charge in [-0.05, 0) is 12.3 Å². The van der Waals surface area contributed by atoms with Gasteiger partial charge in [0.2, 0.25) is 0 Å². The number of carbonyl (C=O) groups excluding carboxylic acids is 1. The molecule has 0 radical (unpaired) electrons. The molecular formula is C7H13FO2. The van der Waals surface area contributed by atoms with Crippen LogP contribution in [0.25, 0.3) is 0 Å². The number of rotatable bonds is 4. The molecule has 10 heavy (non-hydrogen) atoms. The van der Waals surface area contributed by atoms with E-state index in [2.05, 4.69) is 4.74 Å². The number of carbonyl (C=O) groups is 1. The Kier molecular flexibility index (Phi) is 4.89. The van der Waals surface area contributed by atoms with Crippen molar-refractivity contribution in [3.05, 3.63) is 0 Å².